The zero-order chi connectivity index (χ0) is 9.78. The zero-order valence-electron chi connectivity index (χ0n) is 8.48. The fourth-order valence-electron chi connectivity index (χ4n) is 1.40. The van der Waals surface area contributed by atoms with Gasteiger partial charge in [-0.05, 0) is 27.2 Å². The average molecular weight is 172 g/mol. The summed E-state index contributed by atoms with van der Waals surface area (Å²) in [5, 5.41) is 3.18. The first-order chi connectivity index (χ1) is 5.42. The Balaban J connectivity index is 4.28. The molecule has 0 heterocycles. The van der Waals surface area contributed by atoms with Gasteiger partial charge in [-0.3, -0.25) is 4.79 Å². The van der Waals surface area contributed by atoms with Gasteiger partial charge in [0.2, 0.25) is 5.91 Å². The Kier molecular flexibility index (Phi) is 4.24. The molecule has 72 valence electrons. The molecular weight excluding hydrogens is 152 g/mol. The molecule has 0 aliphatic rings. The number of rotatable bonds is 5. The van der Waals surface area contributed by atoms with E-state index in [9.17, 15) is 4.79 Å². The van der Waals surface area contributed by atoms with E-state index in [-0.39, 0.29) is 11.9 Å². The Morgan fingerprint density at radius 1 is 1.58 bits per heavy atom. The minimum atomic E-state index is -0.539. The Labute approximate surface area is 74.7 Å². The summed E-state index contributed by atoms with van der Waals surface area (Å²) in [7, 11) is 0. The number of nitrogens with two attached hydrogens (primary N) is 1. The van der Waals surface area contributed by atoms with E-state index in [0.717, 1.165) is 12.8 Å². The van der Waals surface area contributed by atoms with Gasteiger partial charge in [0.05, 0.1) is 5.54 Å². The van der Waals surface area contributed by atoms with Gasteiger partial charge in [0.1, 0.15) is 0 Å². The zero-order valence-corrected chi connectivity index (χ0v) is 8.48. The molecule has 3 nitrogen and oxygen atoms in total. The van der Waals surface area contributed by atoms with E-state index in [1.165, 1.54) is 0 Å². The second kappa shape index (κ2) is 4.45. The predicted molar refractivity (Wildman–Crippen MR) is 50.8 cm³/mol. The topological polar surface area (TPSA) is 55.1 Å². The number of nitrogens with one attached hydrogen (secondary N) is 1. The molecular formula is C9H20N2O. The molecule has 0 aromatic carbocycles. The summed E-state index contributed by atoms with van der Waals surface area (Å²) in [6, 6.07) is 0.286. The normalized spacial score (nSPS) is 16.1. The van der Waals surface area contributed by atoms with Crippen LogP contribution >= 0.6 is 0 Å². The van der Waals surface area contributed by atoms with Gasteiger partial charge in [0, 0.05) is 6.04 Å². The van der Waals surface area contributed by atoms with Crippen LogP contribution in [0.3, 0.4) is 0 Å². The number of amides is 1. The van der Waals surface area contributed by atoms with Crippen LogP contribution < -0.4 is 11.1 Å². The second-order valence-corrected chi connectivity index (χ2v) is 3.75. The maximum absolute atomic E-state index is 11.1. The van der Waals surface area contributed by atoms with Gasteiger partial charge in [-0.15, -0.1) is 0 Å². The summed E-state index contributed by atoms with van der Waals surface area (Å²) in [6.45, 7) is 7.93. The van der Waals surface area contributed by atoms with Crippen molar-refractivity contribution < 1.29 is 4.79 Å². The smallest absolute Gasteiger partial charge is 0.237 e. The first kappa shape index (κ1) is 11.4. The lowest BCUT2D eigenvalue weighted by molar-refractivity contribution is -0.124. The summed E-state index contributed by atoms with van der Waals surface area (Å²) in [5.41, 5.74) is 4.77. The predicted octanol–water partition coefficient (Wildman–Crippen LogP) is 1.03. The molecule has 0 aromatic heterocycles. The molecule has 3 N–H and O–H groups in total. The first-order valence-electron chi connectivity index (χ1n) is 4.50. The molecule has 0 bridgehead atoms. The van der Waals surface area contributed by atoms with Crippen LogP contribution in [0.15, 0.2) is 0 Å². The molecule has 3 heteroatoms. The Morgan fingerprint density at radius 3 is 2.33 bits per heavy atom. The summed E-state index contributed by atoms with van der Waals surface area (Å²) >= 11 is 0. The highest BCUT2D eigenvalue weighted by Crippen LogP contribution is 2.12. The van der Waals surface area contributed by atoms with Crippen LogP contribution in [0.4, 0.5) is 0 Å². The van der Waals surface area contributed by atoms with Gasteiger partial charge in [0.25, 0.3) is 0 Å². The number of carbonyl (C=O) groups is 1. The van der Waals surface area contributed by atoms with Crippen LogP contribution in [0.5, 0.6) is 0 Å². The van der Waals surface area contributed by atoms with Crippen molar-refractivity contribution >= 4 is 5.91 Å². The van der Waals surface area contributed by atoms with E-state index in [1.807, 2.05) is 27.7 Å². The highest BCUT2D eigenvalue weighted by molar-refractivity contribution is 5.84. The minimum absolute atomic E-state index is 0.266. The number of hydrogen-bond donors (Lipinski definition) is 2. The molecule has 0 radical (unpaired) electrons. The summed E-state index contributed by atoms with van der Waals surface area (Å²) < 4.78 is 0. The highest BCUT2D eigenvalue weighted by Gasteiger charge is 2.29. The average Bonchev–Trinajstić information content (AvgIpc) is 1.85. The van der Waals surface area contributed by atoms with Crippen LogP contribution in [0, 0.1) is 0 Å². The molecule has 1 atom stereocenters. The molecule has 12 heavy (non-hydrogen) atoms. The van der Waals surface area contributed by atoms with Crippen molar-refractivity contribution in [3.05, 3.63) is 0 Å². The van der Waals surface area contributed by atoms with Crippen molar-refractivity contribution in [2.45, 2.75) is 52.1 Å². The van der Waals surface area contributed by atoms with E-state index in [2.05, 4.69) is 5.32 Å². The van der Waals surface area contributed by atoms with E-state index >= 15 is 0 Å². The van der Waals surface area contributed by atoms with Crippen LogP contribution in [-0.4, -0.2) is 17.5 Å². The third-order valence-electron chi connectivity index (χ3n) is 1.90. The Bertz CT molecular complexity index is 157. The quantitative estimate of drug-likeness (QED) is 0.650. The van der Waals surface area contributed by atoms with Crippen LogP contribution in [0.2, 0.25) is 0 Å². The van der Waals surface area contributed by atoms with Crippen LogP contribution in [-0.2, 0) is 4.79 Å². The van der Waals surface area contributed by atoms with E-state index < -0.39 is 5.54 Å². The largest absolute Gasteiger partial charge is 0.368 e. The van der Waals surface area contributed by atoms with E-state index in [0.29, 0.717) is 0 Å². The monoisotopic (exact) mass is 172 g/mol. The second-order valence-electron chi connectivity index (χ2n) is 3.75. The van der Waals surface area contributed by atoms with Crippen molar-refractivity contribution in [1.82, 2.24) is 5.32 Å². The summed E-state index contributed by atoms with van der Waals surface area (Å²) in [4.78, 5) is 11.1. The number of carbonyl (C=O) groups excluding carboxylic acids is 1. The molecule has 0 saturated carbocycles. The molecule has 0 aliphatic heterocycles. The standard InChI is InChI=1S/C9H20N2O/c1-5-6-9(4,8(10)12)11-7(2)3/h7,11H,5-6H2,1-4H3,(H2,10,12). The maximum atomic E-state index is 11.1. The molecule has 1 unspecified atom stereocenters. The summed E-state index contributed by atoms with van der Waals surface area (Å²) in [6.07, 6.45) is 1.75. The van der Waals surface area contributed by atoms with Gasteiger partial charge in [-0.1, -0.05) is 13.3 Å². The lowest BCUT2D eigenvalue weighted by Crippen LogP contribution is -2.55. The van der Waals surface area contributed by atoms with Gasteiger partial charge in [-0.2, -0.15) is 0 Å². The maximum Gasteiger partial charge on any atom is 0.237 e. The van der Waals surface area contributed by atoms with E-state index in [1.54, 1.807) is 0 Å². The molecule has 0 fully saturated rings. The molecule has 0 saturated heterocycles. The number of primary amides is 1. The van der Waals surface area contributed by atoms with Gasteiger partial charge in [0.15, 0.2) is 0 Å². The minimum Gasteiger partial charge on any atom is -0.368 e. The van der Waals surface area contributed by atoms with Crippen LogP contribution in [0.1, 0.15) is 40.5 Å². The summed E-state index contributed by atoms with van der Waals surface area (Å²) in [5.74, 6) is -0.266. The van der Waals surface area contributed by atoms with E-state index in [4.69, 9.17) is 5.73 Å². The van der Waals surface area contributed by atoms with Crippen molar-refractivity contribution in [1.29, 1.82) is 0 Å². The first-order valence-corrected chi connectivity index (χ1v) is 4.50. The fraction of sp³-hybridized carbons (Fsp3) is 0.889. The molecule has 0 rings (SSSR count). The van der Waals surface area contributed by atoms with Crippen molar-refractivity contribution in [2.75, 3.05) is 0 Å². The highest BCUT2D eigenvalue weighted by atomic mass is 16.1. The van der Waals surface area contributed by atoms with Gasteiger partial charge in [-0.25, -0.2) is 0 Å². The molecule has 0 aliphatic carbocycles. The molecule has 0 spiro atoms. The Morgan fingerprint density at radius 2 is 2.08 bits per heavy atom. The lowest BCUT2D eigenvalue weighted by Gasteiger charge is -2.29. The van der Waals surface area contributed by atoms with Crippen molar-refractivity contribution in [2.24, 2.45) is 5.73 Å². The molecule has 0 aromatic rings. The van der Waals surface area contributed by atoms with Gasteiger partial charge >= 0.3 is 0 Å². The fourth-order valence-corrected chi connectivity index (χ4v) is 1.40. The number of hydrogen-bond acceptors (Lipinski definition) is 2. The van der Waals surface area contributed by atoms with Crippen molar-refractivity contribution in [3.8, 4) is 0 Å². The van der Waals surface area contributed by atoms with Crippen molar-refractivity contribution in [3.63, 3.8) is 0 Å². The van der Waals surface area contributed by atoms with Gasteiger partial charge < -0.3 is 11.1 Å². The Hall–Kier alpha value is -0.570. The third kappa shape index (κ3) is 3.22. The lowest BCUT2D eigenvalue weighted by atomic mass is 9.94. The molecule has 1 amide bonds. The van der Waals surface area contributed by atoms with Crippen LogP contribution in [0.25, 0.3) is 0 Å². The SMILES string of the molecule is CCCC(C)(NC(C)C)C(N)=O. The third-order valence-corrected chi connectivity index (χ3v) is 1.90.